The van der Waals surface area contributed by atoms with Gasteiger partial charge < -0.3 is 4.90 Å². The molecule has 0 unspecified atom stereocenters. The van der Waals surface area contributed by atoms with Crippen molar-refractivity contribution in [2.45, 2.75) is 6.92 Å². The van der Waals surface area contributed by atoms with Crippen LogP contribution in [0.1, 0.15) is 11.1 Å². The Morgan fingerprint density at radius 3 is 2.70 bits per heavy atom. The van der Waals surface area contributed by atoms with Crippen LogP contribution in [-0.2, 0) is 0 Å². The van der Waals surface area contributed by atoms with E-state index in [0.29, 0.717) is 0 Å². The molecule has 0 fully saturated rings. The zero-order valence-electron chi connectivity index (χ0n) is 11.9. The summed E-state index contributed by atoms with van der Waals surface area (Å²) in [4.78, 5) is 6.40. The lowest BCUT2D eigenvalue weighted by molar-refractivity contribution is 0.507. The fraction of sp³-hybridized carbons (Fsp3) is 0.167. The van der Waals surface area contributed by atoms with Gasteiger partial charge in [-0.2, -0.15) is 0 Å². The fourth-order valence-corrected chi connectivity index (χ4v) is 2.50. The van der Waals surface area contributed by atoms with Gasteiger partial charge in [0.05, 0.1) is 0 Å². The van der Waals surface area contributed by atoms with E-state index >= 15 is 0 Å². The summed E-state index contributed by atoms with van der Waals surface area (Å²) in [5, 5.41) is 0. The third-order valence-electron chi connectivity index (χ3n) is 3.46. The molecule has 2 aromatic rings. The molecule has 1 aromatic carbocycles. The van der Waals surface area contributed by atoms with E-state index in [1.165, 1.54) is 22.3 Å². The van der Waals surface area contributed by atoms with E-state index in [4.69, 9.17) is 0 Å². The molecule has 1 aromatic heterocycles. The van der Waals surface area contributed by atoms with Gasteiger partial charge in [0.2, 0.25) is 0 Å². The number of aromatic nitrogens is 1. The molecule has 100 valence electrons. The first-order chi connectivity index (χ1) is 9.72. The molecule has 0 radical (unpaired) electrons. The molecule has 1 aliphatic heterocycles. The monoisotopic (exact) mass is 262 g/mol. The summed E-state index contributed by atoms with van der Waals surface area (Å²) in [5.41, 5.74) is 6.16. The Morgan fingerprint density at radius 1 is 1.10 bits per heavy atom. The molecule has 20 heavy (non-hydrogen) atoms. The first kappa shape index (κ1) is 12.7. The second kappa shape index (κ2) is 5.33. The van der Waals surface area contributed by atoms with E-state index in [9.17, 15) is 0 Å². The lowest BCUT2D eigenvalue weighted by Crippen LogP contribution is -2.13. The second-order valence-electron chi connectivity index (χ2n) is 5.26. The molecule has 0 bridgehead atoms. The highest BCUT2D eigenvalue weighted by Gasteiger charge is 2.07. The predicted molar refractivity (Wildman–Crippen MR) is 84.2 cm³/mol. The molecule has 0 saturated heterocycles. The second-order valence-corrected chi connectivity index (χ2v) is 5.26. The van der Waals surface area contributed by atoms with Crippen molar-refractivity contribution in [3.8, 4) is 11.1 Å². The molecule has 0 N–H and O–H groups in total. The number of aryl methyl sites for hydroxylation is 1. The summed E-state index contributed by atoms with van der Waals surface area (Å²) in [6, 6.07) is 10.7. The zero-order chi connectivity index (χ0) is 13.9. The molecule has 0 spiro atoms. The van der Waals surface area contributed by atoms with Crippen molar-refractivity contribution in [3.63, 3.8) is 0 Å². The molecule has 0 atom stereocenters. The van der Waals surface area contributed by atoms with Gasteiger partial charge in [0.15, 0.2) is 0 Å². The minimum absolute atomic E-state index is 0.977. The van der Waals surface area contributed by atoms with Crippen molar-refractivity contribution < 1.29 is 0 Å². The molecule has 3 rings (SSSR count). The molecule has 0 amide bonds. The van der Waals surface area contributed by atoms with E-state index in [2.05, 4.69) is 66.5 Å². The highest BCUT2D eigenvalue weighted by atomic mass is 15.1. The highest BCUT2D eigenvalue weighted by molar-refractivity contribution is 5.78. The van der Waals surface area contributed by atoms with E-state index in [1.807, 2.05) is 18.5 Å². The Hall–Kier alpha value is -2.35. The summed E-state index contributed by atoms with van der Waals surface area (Å²) in [6.07, 6.45) is 10.3. The predicted octanol–water partition coefficient (Wildman–Crippen LogP) is 3.90. The van der Waals surface area contributed by atoms with Gasteiger partial charge in [0, 0.05) is 37.7 Å². The Morgan fingerprint density at radius 2 is 1.95 bits per heavy atom. The van der Waals surface area contributed by atoms with Gasteiger partial charge in [-0.25, -0.2) is 0 Å². The van der Waals surface area contributed by atoms with Gasteiger partial charge in [0.25, 0.3) is 0 Å². The first-order valence-electron chi connectivity index (χ1n) is 6.83. The number of likely N-dealkylation sites (N-methyl/N-ethyl adjacent to an activating group) is 1. The highest BCUT2D eigenvalue weighted by Crippen LogP contribution is 2.27. The minimum atomic E-state index is 0.977. The molecule has 2 heteroatoms. The van der Waals surface area contributed by atoms with Gasteiger partial charge in [-0.05, 0) is 41.3 Å². The molecule has 0 aliphatic carbocycles. The quantitative estimate of drug-likeness (QED) is 0.816. The summed E-state index contributed by atoms with van der Waals surface area (Å²) >= 11 is 0. The average Bonchev–Trinajstić information content (AvgIpc) is 2.47. The van der Waals surface area contributed by atoms with E-state index < -0.39 is 0 Å². The first-order valence-corrected chi connectivity index (χ1v) is 6.83. The van der Waals surface area contributed by atoms with Gasteiger partial charge in [-0.3, -0.25) is 4.98 Å². The molecule has 1 aliphatic rings. The normalized spacial score (nSPS) is 14.3. The van der Waals surface area contributed by atoms with Crippen LogP contribution in [0.4, 0.5) is 0 Å². The third-order valence-corrected chi connectivity index (χ3v) is 3.46. The number of benzene rings is 1. The number of hydrogen-bond acceptors (Lipinski definition) is 2. The van der Waals surface area contributed by atoms with Crippen LogP contribution in [0.5, 0.6) is 0 Å². The molecular formula is C18H18N2. The number of pyridine rings is 1. The topological polar surface area (TPSA) is 16.1 Å². The maximum absolute atomic E-state index is 4.21. The minimum Gasteiger partial charge on any atom is -0.376 e. The summed E-state index contributed by atoms with van der Waals surface area (Å²) < 4.78 is 0. The van der Waals surface area contributed by atoms with Crippen molar-refractivity contribution in [2.24, 2.45) is 0 Å². The maximum Gasteiger partial charge on any atom is 0.0354 e. The fourth-order valence-electron chi connectivity index (χ4n) is 2.50. The Labute approximate surface area is 120 Å². The van der Waals surface area contributed by atoms with Gasteiger partial charge in [-0.15, -0.1) is 0 Å². The van der Waals surface area contributed by atoms with Crippen molar-refractivity contribution in [2.75, 3.05) is 13.6 Å². The van der Waals surface area contributed by atoms with E-state index in [0.717, 1.165) is 12.1 Å². The van der Waals surface area contributed by atoms with Crippen molar-refractivity contribution in [3.05, 3.63) is 72.2 Å². The van der Waals surface area contributed by atoms with Crippen LogP contribution in [0.3, 0.4) is 0 Å². The lowest BCUT2D eigenvalue weighted by atomic mass is 9.96. The van der Waals surface area contributed by atoms with Gasteiger partial charge in [-0.1, -0.05) is 30.4 Å². The van der Waals surface area contributed by atoms with Crippen LogP contribution in [0.25, 0.3) is 16.7 Å². The Balaban J connectivity index is 2.06. The number of hydrogen-bond donors (Lipinski definition) is 0. The van der Waals surface area contributed by atoms with Crippen LogP contribution in [0.2, 0.25) is 0 Å². The van der Waals surface area contributed by atoms with Crippen molar-refractivity contribution in [1.29, 1.82) is 0 Å². The standard InChI is InChI=1S/C18H18N2/c1-14-9-17(15-5-3-7-19-12-15)11-18(10-14)16-6-4-8-20(2)13-16/h3-7,9-13H,8H2,1-2H3. The smallest absolute Gasteiger partial charge is 0.0354 e. The number of nitrogens with zero attached hydrogens (tertiary/aromatic N) is 2. The summed E-state index contributed by atoms with van der Waals surface area (Å²) in [7, 11) is 2.10. The molecular weight excluding hydrogens is 244 g/mol. The van der Waals surface area contributed by atoms with Crippen molar-refractivity contribution >= 4 is 5.57 Å². The average molecular weight is 262 g/mol. The third kappa shape index (κ3) is 2.64. The van der Waals surface area contributed by atoms with Crippen LogP contribution in [0.15, 0.2) is 61.1 Å². The maximum atomic E-state index is 4.21. The zero-order valence-corrected chi connectivity index (χ0v) is 11.9. The summed E-state index contributed by atoms with van der Waals surface area (Å²) in [6.45, 7) is 3.12. The molecule has 0 saturated carbocycles. The Kier molecular flexibility index (Phi) is 3.38. The number of allylic oxidation sites excluding steroid dienone is 2. The Bertz CT molecular complexity index is 669. The largest absolute Gasteiger partial charge is 0.376 e. The van der Waals surface area contributed by atoms with E-state index in [1.54, 1.807) is 0 Å². The SMILES string of the molecule is Cc1cc(C2=CN(C)CC=C2)cc(-c2cccnc2)c1. The number of rotatable bonds is 2. The van der Waals surface area contributed by atoms with Crippen molar-refractivity contribution in [1.82, 2.24) is 9.88 Å². The van der Waals surface area contributed by atoms with Gasteiger partial charge in [0.1, 0.15) is 0 Å². The summed E-state index contributed by atoms with van der Waals surface area (Å²) in [5.74, 6) is 0. The van der Waals surface area contributed by atoms with Crippen LogP contribution >= 0.6 is 0 Å². The van der Waals surface area contributed by atoms with Crippen LogP contribution in [-0.4, -0.2) is 23.5 Å². The van der Waals surface area contributed by atoms with E-state index in [-0.39, 0.29) is 0 Å². The molecule has 2 nitrogen and oxygen atoms in total. The van der Waals surface area contributed by atoms with Gasteiger partial charge >= 0.3 is 0 Å². The lowest BCUT2D eigenvalue weighted by Gasteiger charge is -2.18. The van der Waals surface area contributed by atoms with Crippen LogP contribution in [0, 0.1) is 6.92 Å². The van der Waals surface area contributed by atoms with Crippen LogP contribution < -0.4 is 0 Å². The molecule has 2 heterocycles.